The molecule has 1 aromatic rings. The van der Waals surface area contributed by atoms with Crippen LogP contribution < -0.4 is 5.32 Å². The van der Waals surface area contributed by atoms with Gasteiger partial charge >= 0.3 is 5.97 Å². The first-order valence-corrected chi connectivity index (χ1v) is 5.99. The third-order valence-electron chi connectivity index (χ3n) is 3.24. The van der Waals surface area contributed by atoms with E-state index in [1.807, 2.05) is 12.1 Å². The summed E-state index contributed by atoms with van der Waals surface area (Å²) >= 11 is 0. The molecule has 0 bridgehead atoms. The SMILES string of the molecule is O=C(O)CC(O)C(O)c1cccc2c1CCNC2. The van der Waals surface area contributed by atoms with E-state index in [1.54, 1.807) is 6.07 Å². The van der Waals surface area contributed by atoms with E-state index < -0.39 is 24.6 Å². The molecule has 0 fully saturated rings. The fourth-order valence-electron chi connectivity index (χ4n) is 2.34. The number of aliphatic hydroxyl groups excluding tert-OH is 2. The number of nitrogens with one attached hydrogen (secondary N) is 1. The number of fused-ring (bicyclic) bond motifs is 1. The minimum Gasteiger partial charge on any atom is -0.481 e. The van der Waals surface area contributed by atoms with Crippen molar-refractivity contribution in [2.24, 2.45) is 0 Å². The summed E-state index contributed by atoms with van der Waals surface area (Å²) in [7, 11) is 0. The van der Waals surface area contributed by atoms with E-state index in [-0.39, 0.29) is 0 Å². The van der Waals surface area contributed by atoms with Crippen molar-refractivity contribution in [3.05, 3.63) is 34.9 Å². The van der Waals surface area contributed by atoms with Crippen molar-refractivity contribution < 1.29 is 20.1 Å². The summed E-state index contributed by atoms with van der Waals surface area (Å²) in [6.45, 7) is 1.57. The summed E-state index contributed by atoms with van der Waals surface area (Å²) in [6, 6.07) is 5.54. The molecule has 18 heavy (non-hydrogen) atoms. The van der Waals surface area contributed by atoms with E-state index in [2.05, 4.69) is 5.32 Å². The molecular weight excluding hydrogens is 234 g/mol. The lowest BCUT2D eigenvalue weighted by Crippen LogP contribution is -2.28. The number of hydrogen-bond acceptors (Lipinski definition) is 4. The third-order valence-corrected chi connectivity index (χ3v) is 3.24. The quantitative estimate of drug-likeness (QED) is 0.614. The van der Waals surface area contributed by atoms with Crippen LogP contribution in [-0.2, 0) is 17.8 Å². The second kappa shape index (κ2) is 5.48. The first-order valence-electron chi connectivity index (χ1n) is 5.99. The van der Waals surface area contributed by atoms with Gasteiger partial charge < -0.3 is 20.6 Å². The van der Waals surface area contributed by atoms with Crippen LogP contribution in [0.4, 0.5) is 0 Å². The predicted molar refractivity (Wildman–Crippen MR) is 65.1 cm³/mol. The fraction of sp³-hybridized carbons (Fsp3) is 0.462. The zero-order valence-corrected chi connectivity index (χ0v) is 9.97. The van der Waals surface area contributed by atoms with Gasteiger partial charge in [0.05, 0.1) is 12.5 Å². The van der Waals surface area contributed by atoms with Gasteiger partial charge in [-0.05, 0) is 29.7 Å². The van der Waals surface area contributed by atoms with E-state index in [0.717, 1.165) is 30.6 Å². The molecule has 0 saturated heterocycles. The van der Waals surface area contributed by atoms with Crippen molar-refractivity contribution in [3.63, 3.8) is 0 Å². The first-order chi connectivity index (χ1) is 8.59. The molecule has 0 aromatic heterocycles. The summed E-state index contributed by atoms with van der Waals surface area (Å²) < 4.78 is 0. The van der Waals surface area contributed by atoms with Crippen LogP contribution >= 0.6 is 0 Å². The second-order valence-electron chi connectivity index (χ2n) is 4.52. The van der Waals surface area contributed by atoms with E-state index in [4.69, 9.17) is 5.11 Å². The number of carboxylic acids is 1. The van der Waals surface area contributed by atoms with Gasteiger partial charge in [0.2, 0.25) is 0 Å². The van der Waals surface area contributed by atoms with Gasteiger partial charge in [0.15, 0.2) is 0 Å². The van der Waals surface area contributed by atoms with E-state index in [9.17, 15) is 15.0 Å². The molecule has 1 aliphatic heterocycles. The maximum Gasteiger partial charge on any atom is 0.306 e. The van der Waals surface area contributed by atoms with Gasteiger partial charge in [-0.15, -0.1) is 0 Å². The molecule has 0 radical (unpaired) electrons. The van der Waals surface area contributed by atoms with Crippen LogP contribution in [0.2, 0.25) is 0 Å². The number of rotatable bonds is 4. The number of benzene rings is 1. The lowest BCUT2D eigenvalue weighted by Gasteiger charge is -2.24. The van der Waals surface area contributed by atoms with Crippen LogP contribution in [0.5, 0.6) is 0 Å². The molecule has 4 N–H and O–H groups in total. The highest BCUT2D eigenvalue weighted by Crippen LogP contribution is 2.27. The van der Waals surface area contributed by atoms with Crippen LogP contribution in [0.3, 0.4) is 0 Å². The Morgan fingerprint density at radius 2 is 2.17 bits per heavy atom. The molecule has 2 atom stereocenters. The summed E-state index contributed by atoms with van der Waals surface area (Å²) in [5.41, 5.74) is 2.76. The van der Waals surface area contributed by atoms with E-state index in [0.29, 0.717) is 5.56 Å². The second-order valence-corrected chi connectivity index (χ2v) is 4.52. The Balaban J connectivity index is 2.24. The Morgan fingerprint density at radius 3 is 2.89 bits per heavy atom. The zero-order chi connectivity index (χ0) is 13.1. The van der Waals surface area contributed by atoms with Gasteiger partial charge in [-0.1, -0.05) is 18.2 Å². The van der Waals surface area contributed by atoms with Crippen molar-refractivity contribution in [2.45, 2.75) is 31.6 Å². The summed E-state index contributed by atoms with van der Waals surface area (Å²) in [4.78, 5) is 10.6. The molecule has 1 aromatic carbocycles. The molecule has 98 valence electrons. The lowest BCUT2D eigenvalue weighted by atomic mass is 9.90. The van der Waals surface area contributed by atoms with Gasteiger partial charge in [0.1, 0.15) is 6.10 Å². The summed E-state index contributed by atoms with van der Waals surface area (Å²) in [5.74, 6) is -1.12. The predicted octanol–water partition coefficient (Wildman–Crippen LogP) is 0.201. The normalized spacial score (nSPS) is 17.9. The Labute approximate surface area is 105 Å². The number of aliphatic hydroxyl groups is 2. The van der Waals surface area contributed by atoms with E-state index in [1.165, 1.54) is 0 Å². The summed E-state index contributed by atoms with van der Waals surface area (Å²) in [6.07, 6.45) is -2.09. The monoisotopic (exact) mass is 251 g/mol. The molecule has 0 amide bonds. The molecule has 2 unspecified atom stereocenters. The fourth-order valence-corrected chi connectivity index (χ4v) is 2.34. The molecule has 2 rings (SSSR count). The minimum absolute atomic E-state index is 0.455. The Hall–Kier alpha value is -1.43. The number of hydrogen-bond donors (Lipinski definition) is 4. The van der Waals surface area contributed by atoms with Crippen LogP contribution in [-0.4, -0.2) is 33.9 Å². The maximum atomic E-state index is 10.6. The molecule has 0 saturated carbocycles. The number of carboxylic acid groups (broad SMARTS) is 1. The van der Waals surface area contributed by atoms with Crippen molar-refractivity contribution >= 4 is 5.97 Å². The highest BCUT2D eigenvalue weighted by Gasteiger charge is 2.25. The minimum atomic E-state index is -1.27. The maximum absolute atomic E-state index is 10.6. The van der Waals surface area contributed by atoms with E-state index >= 15 is 0 Å². The van der Waals surface area contributed by atoms with Crippen LogP contribution in [0.15, 0.2) is 18.2 Å². The molecule has 1 aliphatic rings. The summed E-state index contributed by atoms with van der Waals surface area (Å²) in [5, 5.41) is 31.6. The highest BCUT2D eigenvalue weighted by molar-refractivity contribution is 5.67. The highest BCUT2D eigenvalue weighted by atomic mass is 16.4. The molecule has 0 aliphatic carbocycles. The standard InChI is InChI=1S/C13H17NO4/c15-11(6-12(16)17)13(18)10-3-1-2-8-7-14-5-4-9(8)10/h1-3,11,13-15,18H,4-7H2,(H,16,17). The topological polar surface area (TPSA) is 89.8 Å². The van der Waals surface area contributed by atoms with Gasteiger partial charge in [0.25, 0.3) is 0 Å². The van der Waals surface area contributed by atoms with Crippen LogP contribution in [0, 0.1) is 0 Å². The van der Waals surface area contributed by atoms with Crippen molar-refractivity contribution in [2.75, 3.05) is 6.54 Å². The first kappa shape index (κ1) is 13.0. The third kappa shape index (κ3) is 2.69. The van der Waals surface area contributed by atoms with Gasteiger partial charge in [-0.2, -0.15) is 0 Å². The molecule has 0 spiro atoms. The molecule has 5 nitrogen and oxygen atoms in total. The van der Waals surface area contributed by atoms with Crippen LogP contribution in [0.1, 0.15) is 29.2 Å². The Kier molecular flexibility index (Phi) is 3.96. The average Bonchev–Trinajstić information content (AvgIpc) is 2.36. The number of carbonyl (C=O) groups is 1. The largest absolute Gasteiger partial charge is 0.481 e. The van der Waals surface area contributed by atoms with Gasteiger partial charge in [-0.3, -0.25) is 4.79 Å². The van der Waals surface area contributed by atoms with Crippen molar-refractivity contribution in [1.29, 1.82) is 0 Å². The average molecular weight is 251 g/mol. The molecule has 5 heteroatoms. The zero-order valence-electron chi connectivity index (χ0n) is 9.97. The van der Waals surface area contributed by atoms with Crippen molar-refractivity contribution in [3.8, 4) is 0 Å². The lowest BCUT2D eigenvalue weighted by molar-refractivity contribution is -0.141. The Morgan fingerprint density at radius 1 is 1.39 bits per heavy atom. The van der Waals surface area contributed by atoms with Gasteiger partial charge in [-0.25, -0.2) is 0 Å². The molecular formula is C13H17NO4. The van der Waals surface area contributed by atoms with Gasteiger partial charge in [0, 0.05) is 6.54 Å². The molecule has 1 heterocycles. The number of aliphatic carboxylic acids is 1. The van der Waals surface area contributed by atoms with Crippen LogP contribution in [0.25, 0.3) is 0 Å². The Bertz CT molecular complexity index is 447. The van der Waals surface area contributed by atoms with Crippen molar-refractivity contribution in [1.82, 2.24) is 5.32 Å². The smallest absolute Gasteiger partial charge is 0.306 e.